The first-order valence-corrected chi connectivity index (χ1v) is 10.9. The molecule has 1 aromatic heterocycles. The quantitative estimate of drug-likeness (QED) is 0.514. The van der Waals surface area contributed by atoms with Gasteiger partial charge in [0.2, 0.25) is 0 Å². The van der Waals surface area contributed by atoms with Crippen LogP contribution < -0.4 is 9.64 Å². The number of aromatic nitrogens is 2. The third kappa shape index (κ3) is 8.00. The number of piperazine rings is 1. The van der Waals surface area contributed by atoms with Gasteiger partial charge in [0.05, 0.1) is 6.61 Å². The summed E-state index contributed by atoms with van der Waals surface area (Å²) in [5.41, 5.74) is 2.41. The summed E-state index contributed by atoms with van der Waals surface area (Å²) < 4.78 is 11.0. The summed E-state index contributed by atoms with van der Waals surface area (Å²) in [6.45, 7) is 11.3. The van der Waals surface area contributed by atoms with Gasteiger partial charge in [-0.1, -0.05) is 41.0 Å². The van der Waals surface area contributed by atoms with Gasteiger partial charge in [-0.05, 0) is 42.3 Å². The van der Waals surface area contributed by atoms with Crippen LogP contribution in [0.4, 0.5) is 6.01 Å². The number of carbonyl (C=O) groups is 2. The number of benzene rings is 2. The minimum atomic E-state index is 0.606. The molecule has 1 saturated heterocycles. The van der Waals surface area contributed by atoms with Gasteiger partial charge < -0.3 is 23.7 Å². The summed E-state index contributed by atoms with van der Waals surface area (Å²) in [5.74, 6) is 1.62. The Morgan fingerprint density at radius 2 is 1.55 bits per heavy atom. The second-order valence-electron chi connectivity index (χ2n) is 7.14. The van der Waals surface area contributed by atoms with Crippen LogP contribution in [0.15, 0.2) is 53.1 Å². The third-order valence-electron chi connectivity index (χ3n) is 5.02. The first-order chi connectivity index (χ1) is 16.2. The molecule has 0 unspecified atom stereocenters. The van der Waals surface area contributed by atoms with Gasteiger partial charge in [-0.15, -0.1) is 0 Å². The van der Waals surface area contributed by atoms with E-state index >= 15 is 0 Å². The summed E-state index contributed by atoms with van der Waals surface area (Å²) in [6, 6.07) is 16.7. The van der Waals surface area contributed by atoms with Crippen molar-refractivity contribution in [3.63, 3.8) is 0 Å². The van der Waals surface area contributed by atoms with E-state index in [-0.39, 0.29) is 0 Å². The van der Waals surface area contributed by atoms with Crippen molar-refractivity contribution in [3.05, 3.63) is 70.5 Å². The molecule has 1 aliphatic heterocycles. The molecule has 33 heavy (non-hydrogen) atoms. The molecular formula is C24H29ClN4O4. The monoisotopic (exact) mass is 472 g/mol. The minimum Gasteiger partial charge on any atom is -0.494 e. The molecule has 0 radical (unpaired) electrons. The van der Waals surface area contributed by atoms with Crippen LogP contribution in [-0.4, -0.2) is 61.4 Å². The van der Waals surface area contributed by atoms with Gasteiger partial charge in [0.1, 0.15) is 19.3 Å². The maximum absolute atomic E-state index is 8.00. The lowest BCUT2D eigenvalue weighted by Crippen LogP contribution is -2.46. The third-order valence-corrected chi connectivity index (χ3v) is 5.27. The topological polar surface area (TPSA) is 88.8 Å². The number of anilines is 1. The van der Waals surface area contributed by atoms with E-state index < -0.39 is 0 Å². The van der Waals surface area contributed by atoms with Crippen LogP contribution in [0.25, 0.3) is 0 Å². The predicted molar refractivity (Wildman–Crippen MR) is 128 cm³/mol. The van der Waals surface area contributed by atoms with E-state index in [0.717, 1.165) is 49.1 Å². The summed E-state index contributed by atoms with van der Waals surface area (Å²) in [4.78, 5) is 25.2. The van der Waals surface area contributed by atoms with E-state index in [4.69, 9.17) is 30.4 Å². The van der Waals surface area contributed by atoms with Crippen LogP contribution in [0.1, 0.15) is 23.9 Å². The maximum Gasteiger partial charge on any atom is 0.324 e. The molecule has 0 saturated carbocycles. The number of hydrogen-bond acceptors (Lipinski definition) is 8. The highest BCUT2D eigenvalue weighted by molar-refractivity contribution is 6.30. The number of carbonyl (C=O) groups excluding carboxylic acids is 2. The van der Waals surface area contributed by atoms with Gasteiger partial charge in [-0.3, -0.25) is 4.90 Å². The zero-order chi connectivity index (χ0) is 24.1. The van der Waals surface area contributed by atoms with E-state index in [1.807, 2.05) is 56.9 Å². The van der Waals surface area contributed by atoms with Crippen LogP contribution in [0.2, 0.25) is 5.02 Å². The van der Waals surface area contributed by atoms with Crippen LogP contribution in [0, 0.1) is 0 Å². The van der Waals surface area contributed by atoms with E-state index in [1.165, 1.54) is 5.56 Å². The average molecular weight is 473 g/mol. The molecule has 4 rings (SSSR count). The van der Waals surface area contributed by atoms with E-state index in [2.05, 4.69) is 32.1 Å². The van der Waals surface area contributed by atoms with Crippen molar-refractivity contribution in [2.75, 3.05) is 37.7 Å². The van der Waals surface area contributed by atoms with Crippen LogP contribution in [-0.2, 0) is 22.6 Å². The van der Waals surface area contributed by atoms with Crippen molar-refractivity contribution >= 4 is 31.2 Å². The lowest BCUT2D eigenvalue weighted by atomic mass is 10.1. The zero-order valence-electron chi connectivity index (χ0n) is 18.8. The Labute approximate surface area is 199 Å². The molecule has 0 N–H and O–H groups in total. The Balaban J connectivity index is 0.000000914. The molecule has 0 amide bonds. The molecule has 0 bridgehead atoms. The summed E-state index contributed by atoms with van der Waals surface area (Å²) in [7, 11) is 0. The molecule has 1 aliphatic rings. The van der Waals surface area contributed by atoms with E-state index in [9.17, 15) is 0 Å². The Hall–Kier alpha value is -3.23. The predicted octanol–water partition coefficient (Wildman–Crippen LogP) is 3.66. The van der Waals surface area contributed by atoms with Gasteiger partial charge >= 0.3 is 6.01 Å². The SMILES string of the molecule is C=O.C=O.CCOc1ccc(CN2CCN(c3nc(Cc4ccc(Cl)cc4)no3)CC2)cc1. The van der Waals surface area contributed by atoms with Crippen molar-refractivity contribution in [1.29, 1.82) is 0 Å². The molecular weight excluding hydrogens is 444 g/mol. The lowest BCUT2D eigenvalue weighted by molar-refractivity contribution is -0.0987. The molecule has 8 nitrogen and oxygen atoms in total. The number of hydrogen-bond donors (Lipinski definition) is 0. The normalized spacial score (nSPS) is 13.3. The highest BCUT2D eigenvalue weighted by Crippen LogP contribution is 2.19. The Morgan fingerprint density at radius 1 is 0.939 bits per heavy atom. The molecule has 0 atom stereocenters. The number of ether oxygens (including phenoxy) is 1. The fourth-order valence-electron chi connectivity index (χ4n) is 3.44. The number of halogens is 1. The summed E-state index contributed by atoms with van der Waals surface area (Å²) >= 11 is 5.94. The van der Waals surface area contributed by atoms with Crippen molar-refractivity contribution in [3.8, 4) is 5.75 Å². The van der Waals surface area contributed by atoms with Gasteiger partial charge in [0, 0.05) is 44.2 Å². The fourth-order valence-corrected chi connectivity index (χ4v) is 3.57. The lowest BCUT2D eigenvalue weighted by Gasteiger charge is -2.33. The Morgan fingerprint density at radius 3 is 2.15 bits per heavy atom. The zero-order valence-corrected chi connectivity index (χ0v) is 19.5. The molecule has 2 aromatic carbocycles. The number of rotatable bonds is 7. The van der Waals surface area contributed by atoms with Crippen LogP contribution >= 0.6 is 11.6 Å². The first kappa shape index (κ1) is 26.0. The maximum atomic E-state index is 8.00. The second-order valence-corrected chi connectivity index (χ2v) is 7.57. The molecule has 2 heterocycles. The van der Waals surface area contributed by atoms with Gasteiger partial charge in [-0.25, -0.2) is 0 Å². The van der Waals surface area contributed by atoms with E-state index in [0.29, 0.717) is 24.9 Å². The van der Waals surface area contributed by atoms with Crippen LogP contribution in [0.3, 0.4) is 0 Å². The largest absolute Gasteiger partial charge is 0.494 e. The molecule has 9 heteroatoms. The second kappa shape index (κ2) is 14.0. The smallest absolute Gasteiger partial charge is 0.324 e. The molecule has 1 fully saturated rings. The summed E-state index contributed by atoms with van der Waals surface area (Å²) in [6.07, 6.45) is 0.637. The molecule has 0 spiro atoms. The molecule has 3 aromatic rings. The highest BCUT2D eigenvalue weighted by Gasteiger charge is 2.21. The first-order valence-electron chi connectivity index (χ1n) is 10.5. The number of nitrogens with zero attached hydrogens (tertiary/aromatic N) is 4. The van der Waals surface area contributed by atoms with Gasteiger partial charge in [-0.2, -0.15) is 4.98 Å². The van der Waals surface area contributed by atoms with E-state index in [1.54, 1.807) is 0 Å². The average Bonchev–Trinajstić information content (AvgIpc) is 3.33. The standard InChI is InChI=1S/C22H25ClN4O2.2CH2O/c1-2-28-20-9-5-18(6-10-20)16-26-11-13-27(14-12-26)22-24-21(25-29-22)15-17-3-7-19(23)8-4-17;2*1-2/h3-10H,2,11-16H2,1H3;2*1H2. The Bertz CT molecular complexity index is 940. The highest BCUT2D eigenvalue weighted by atomic mass is 35.5. The molecule has 176 valence electrons. The van der Waals surface area contributed by atoms with Gasteiger partial charge in [0.15, 0.2) is 5.82 Å². The van der Waals surface area contributed by atoms with Crippen molar-refractivity contribution < 1.29 is 18.8 Å². The van der Waals surface area contributed by atoms with Gasteiger partial charge in [0.25, 0.3) is 0 Å². The fraction of sp³-hybridized carbons (Fsp3) is 0.333. The summed E-state index contributed by atoms with van der Waals surface area (Å²) in [5, 5.41) is 4.86. The van der Waals surface area contributed by atoms with Crippen molar-refractivity contribution in [2.24, 2.45) is 0 Å². The molecule has 0 aliphatic carbocycles. The van der Waals surface area contributed by atoms with Crippen LogP contribution in [0.5, 0.6) is 5.75 Å². The van der Waals surface area contributed by atoms with Crippen molar-refractivity contribution in [2.45, 2.75) is 19.9 Å². The van der Waals surface area contributed by atoms with Crippen molar-refractivity contribution in [1.82, 2.24) is 15.0 Å². The minimum absolute atomic E-state index is 0.606. The Kier molecular flexibility index (Phi) is 11.1.